The molecule has 0 radical (unpaired) electrons. The van der Waals surface area contributed by atoms with Gasteiger partial charge in [0, 0.05) is 28.8 Å². The highest BCUT2D eigenvalue weighted by atomic mass is 32.2. The van der Waals surface area contributed by atoms with E-state index in [9.17, 15) is 4.79 Å². The third-order valence-corrected chi connectivity index (χ3v) is 6.14. The van der Waals surface area contributed by atoms with Crippen molar-refractivity contribution in [3.8, 4) is 11.3 Å². The van der Waals surface area contributed by atoms with Crippen molar-refractivity contribution in [1.29, 1.82) is 0 Å². The highest BCUT2D eigenvalue weighted by Crippen LogP contribution is 2.29. The molecular formula is C25H25N3OS. The smallest absolute Gasteiger partial charge is 0.226 e. The van der Waals surface area contributed by atoms with Gasteiger partial charge in [0.15, 0.2) is 0 Å². The van der Waals surface area contributed by atoms with Crippen molar-refractivity contribution in [2.75, 3.05) is 11.1 Å². The Morgan fingerprint density at radius 1 is 1.00 bits per heavy atom. The number of pyridine rings is 1. The molecule has 4 aromatic rings. The molecule has 1 amide bonds. The number of aromatic nitrogens is 2. The van der Waals surface area contributed by atoms with Crippen LogP contribution in [0.2, 0.25) is 0 Å². The van der Waals surface area contributed by atoms with Crippen molar-refractivity contribution in [3.05, 3.63) is 83.6 Å². The molecule has 152 valence electrons. The van der Waals surface area contributed by atoms with Crippen molar-refractivity contribution in [2.45, 2.75) is 32.1 Å². The fourth-order valence-corrected chi connectivity index (χ4v) is 4.28. The fraction of sp³-hybridized carbons (Fsp3) is 0.200. The Morgan fingerprint density at radius 3 is 2.57 bits per heavy atom. The average molecular weight is 416 g/mol. The molecule has 0 unspecified atom stereocenters. The van der Waals surface area contributed by atoms with Crippen LogP contribution in [0, 0.1) is 20.8 Å². The van der Waals surface area contributed by atoms with Gasteiger partial charge in [-0.3, -0.25) is 9.20 Å². The lowest BCUT2D eigenvalue weighted by molar-refractivity contribution is -0.115. The minimum atomic E-state index is -0.00757. The molecule has 0 saturated heterocycles. The zero-order valence-electron chi connectivity index (χ0n) is 17.5. The van der Waals surface area contributed by atoms with E-state index < -0.39 is 0 Å². The van der Waals surface area contributed by atoms with E-state index in [2.05, 4.69) is 37.4 Å². The van der Waals surface area contributed by atoms with Gasteiger partial charge in [-0.1, -0.05) is 42.5 Å². The summed E-state index contributed by atoms with van der Waals surface area (Å²) >= 11 is 1.71. The van der Waals surface area contributed by atoms with E-state index in [0.717, 1.165) is 34.0 Å². The van der Waals surface area contributed by atoms with Gasteiger partial charge in [0.2, 0.25) is 5.91 Å². The standard InChI is InChI=1S/C25H25N3OS/c1-17-9-12-22-26-24(20-7-5-4-6-8-20)25(28(22)16-17)27-23(29)13-14-30-21-11-10-18(2)19(3)15-21/h4-12,15-16H,13-14H2,1-3H3,(H,27,29). The van der Waals surface area contributed by atoms with Crippen LogP contribution >= 0.6 is 11.8 Å². The molecule has 30 heavy (non-hydrogen) atoms. The molecule has 0 aliphatic heterocycles. The van der Waals surface area contributed by atoms with Crippen LogP contribution in [0.15, 0.2) is 71.8 Å². The van der Waals surface area contributed by atoms with Crippen molar-refractivity contribution in [2.24, 2.45) is 0 Å². The summed E-state index contributed by atoms with van der Waals surface area (Å²) in [5, 5.41) is 3.11. The summed E-state index contributed by atoms with van der Waals surface area (Å²) in [5.41, 5.74) is 6.26. The molecule has 4 nitrogen and oxygen atoms in total. The summed E-state index contributed by atoms with van der Waals surface area (Å²) in [7, 11) is 0. The SMILES string of the molecule is Cc1ccc2nc(-c3ccccc3)c(NC(=O)CCSc3ccc(C)c(C)c3)n2c1. The first-order valence-electron chi connectivity index (χ1n) is 10.1. The van der Waals surface area contributed by atoms with Crippen LogP contribution in [-0.4, -0.2) is 21.0 Å². The van der Waals surface area contributed by atoms with Crippen LogP contribution in [-0.2, 0) is 4.79 Å². The number of rotatable bonds is 6. The van der Waals surface area contributed by atoms with Crippen LogP contribution in [0.1, 0.15) is 23.1 Å². The van der Waals surface area contributed by atoms with Gasteiger partial charge >= 0.3 is 0 Å². The molecule has 0 bridgehead atoms. The molecule has 0 aliphatic carbocycles. The lowest BCUT2D eigenvalue weighted by Gasteiger charge is -2.09. The number of imidazole rings is 1. The lowest BCUT2D eigenvalue weighted by Crippen LogP contribution is -2.14. The van der Waals surface area contributed by atoms with Gasteiger partial charge in [-0.15, -0.1) is 11.8 Å². The normalized spacial score (nSPS) is 11.0. The van der Waals surface area contributed by atoms with Crippen molar-refractivity contribution < 1.29 is 4.79 Å². The Morgan fingerprint density at radius 2 is 1.80 bits per heavy atom. The van der Waals surface area contributed by atoms with Crippen molar-refractivity contribution in [3.63, 3.8) is 0 Å². The van der Waals surface area contributed by atoms with E-state index >= 15 is 0 Å². The van der Waals surface area contributed by atoms with Gasteiger partial charge in [-0.05, 0) is 55.7 Å². The number of hydrogen-bond acceptors (Lipinski definition) is 3. The topological polar surface area (TPSA) is 46.4 Å². The predicted molar refractivity (Wildman–Crippen MR) is 125 cm³/mol. The number of benzene rings is 2. The van der Waals surface area contributed by atoms with Crippen LogP contribution in [0.4, 0.5) is 5.82 Å². The number of amides is 1. The van der Waals surface area contributed by atoms with E-state index in [4.69, 9.17) is 4.98 Å². The summed E-state index contributed by atoms with van der Waals surface area (Å²) in [6.07, 6.45) is 2.44. The second-order valence-corrected chi connectivity index (χ2v) is 8.67. The predicted octanol–water partition coefficient (Wildman–Crippen LogP) is 6.05. The third-order valence-electron chi connectivity index (χ3n) is 5.15. The number of hydrogen-bond donors (Lipinski definition) is 1. The average Bonchev–Trinajstić information content (AvgIpc) is 3.09. The van der Waals surface area contributed by atoms with E-state index in [1.807, 2.05) is 60.0 Å². The molecule has 0 spiro atoms. The van der Waals surface area contributed by atoms with Crippen molar-refractivity contribution in [1.82, 2.24) is 9.38 Å². The Balaban J connectivity index is 1.52. The molecule has 4 rings (SSSR count). The van der Waals surface area contributed by atoms with Crippen molar-refractivity contribution >= 4 is 29.1 Å². The van der Waals surface area contributed by atoms with E-state index in [1.54, 1.807) is 11.8 Å². The molecular weight excluding hydrogens is 390 g/mol. The molecule has 0 atom stereocenters. The monoisotopic (exact) mass is 415 g/mol. The molecule has 0 fully saturated rings. The fourth-order valence-electron chi connectivity index (χ4n) is 3.33. The van der Waals surface area contributed by atoms with Gasteiger partial charge < -0.3 is 5.32 Å². The molecule has 2 aromatic carbocycles. The number of anilines is 1. The summed E-state index contributed by atoms with van der Waals surface area (Å²) in [6.45, 7) is 6.26. The van der Waals surface area contributed by atoms with Gasteiger partial charge in [0.05, 0.1) is 0 Å². The minimum Gasteiger partial charge on any atom is -0.310 e. The minimum absolute atomic E-state index is 0.00757. The summed E-state index contributed by atoms with van der Waals surface area (Å²) in [5.74, 6) is 1.44. The third kappa shape index (κ3) is 4.41. The number of aryl methyl sites for hydroxylation is 3. The second-order valence-electron chi connectivity index (χ2n) is 7.50. The maximum Gasteiger partial charge on any atom is 0.226 e. The Bertz CT molecular complexity index is 1200. The highest BCUT2D eigenvalue weighted by molar-refractivity contribution is 7.99. The van der Waals surface area contributed by atoms with Crippen LogP contribution < -0.4 is 5.32 Å². The first-order chi connectivity index (χ1) is 14.5. The lowest BCUT2D eigenvalue weighted by atomic mass is 10.1. The molecule has 0 aliphatic rings. The van der Waals surface area contributed by atoms with Gasteiger partial charge in [-0.2, -0.15) is 0 Å². The molecule has 2 heterocycles. The second kappa shape index (κ2) is 8.76. The number of fused-ring (bicyclic) bond motifs is 1. The van der Waals surface area contributed by atoms with E-state index in [-0.39, 0.29) is 5.91 Å². The number of carbonyl (C=O) groups is 1. The number of thioether (sulfide) groups is 1. The van der Waals surface area contributed by atoms with Gasteiger partial charge in [0.25, 0.3) is 0 Å². The highest BCUT2D eigenvalue weighted by Gasteiger charge is 2.16. The largest absolute Gasteiger partial charge is 0.310 e. The molecule has 5 heteroatoms. The first kappa shape index (κ1) is 20.2. The maximum atomic E-state index is 12.8. The van der Waals surface area contributed by atoms with Gasteiger partial charge in [-0.25, -0.2) is 4.98 Å². The van der Waals surface area contributed by atoms with Crippen LogP contribution in [0.5, 0.6) is 0 Å². The Hall–Kier alpha value is -3.05. The van der Waals surface area contributed by atoms with Crippen LogP contribution in [0.3, 0.4) is 0 Å². The number of carbonyl (C=O) groups excluding carboxylic acids is 1. The number of nitrogens with zero attached hydrogens (tertiary/aromatic N) is 2. The van der Waals surface area contributed by atoms with E-state index in [1.165, 1.54) is 16.0 Å². The zero-order valence-corrected chi connectivity index (χ0v) is 18.3. The molecule has 2 aromatic heterocycles. The Labute approximate surface area is 181 Å². The molecule has 0 saturated carbocycles. The maximum absolute atomic E-state index is 12.8. The van der Waals surface area contributed by atoms with E-state index in [0.29, 0.717) is 6.42 Å². The first-order valence-corrected chi connectivity index (χ1v) is 11.0. The zero-order chi connectivity index (χ0) is 21.1. The Kier molecular flexibility index (Phi) is 5.91. The quantitative estimate of drug-likeness (QED) is 0.390. The van der Waals surface area contributed by atoms with Gasteiger partial charge in [0.1, 0.15) is 17.2 Å². The summed E-state index contributed by atoms with van der Waals surface area (Å²) in [6, 6.07) is 20.4. The summed E-state index contributed by atoms with van der Waals surface area (Å²) < 4.78 is 1.96. The number of nitrogens with one attached hydrogen (secondary N) is 1. The van der Waals surface area contributed by atoms with Crippen LogP contribution in [0.25, 0.3) is 16.9 Å². The summed E-state index contributed by atoms with van der Waals surface area (Å²) in [4.78, 5) is 18.7. The molecule has 1 N–H and O–H groups in total.